The lowest BCUT2D eigenvalue weighted by Gasteiger charge is -2.23. The fourth-order valence-corrected chi connectivity index (χ4v) is 1.95. The van der Waals surface area contributed by atoms with E-state index in [1.807, 2.05) is 0 Å². The van der Waals surface area contributed by atoms with Crippen molar-refractivity contribution in [2.75, 3.05) is 34.1 Å². The summed E-state index contributed by atoms with van der Waals surface area (Å²) in [6, 6.07) is 6.60. The second-order valence-corrected chi connectivity index (χ2v) is 5.63. The molecule has 0 saturated heterocycles. The van der Waals surface area contributed by atoms with Gasteiger partial charge in [-0.1, -0.05) is 11.6 Å². The third-order valence-corrected chi connectivity index (χ3v) is 2.97. The van der Waals surface area contributed by atoms with Crippen LogP contribution in [0.3, 0.4) is 0 Å². The summed E-state index contributed by atoms with van der Waals surface area (Å²) in [5, 5.41) is 1.38. The standard InChI is InChI=1S/C14H21N2.CH3Cl/c1-11-5-6-14-13(9-11)12(10-15-14)7-8-16(2,3)4;1-2/h5-6,9-10,15H,7-8H2,1-4H3;1H3/q+1;. The van der Waals surface area contributed by atoms with Gasteiger partial charge in [0.15, 0.2) is 0 Å². The van der Waals surface area contributed by atoms with Gasteiger partial charge < -0.3 is 9.47 Å². The number of aryl methyl sites for hydroxylation is 1. The molecule has 0 saturated carbocycles. The molecule has 0 aliphatic rings. The zero-order valence-electron chi connectivity index (χ0n) is 12.0. The molecule has 0 amide bonds. The SMILES string of the molecule is CCl.Cc1ccc2[nH]cc(CC[N+](C)(C)C)c2c1. The van der Waals surface area contributed by atoms with Gasteiger partial charge in [0.1, 0.15) is 0 Å². The van der Waals surface area contributed by atoms with Crippen LogP contribution in [0.1, 0.15) is 11.1 Å². The van der Waals surface area contributed by atoms with Gasteiger partial charge in [-0.25, -0.2) is 0 Å². The molecule has 1 heterocycles. The normalized spacial score (nSPS) is 11.2. The number of aromatic amines is 1. The van der Waals surface area contributed by atoms with E-state index in [0.29, 0.717) is 0 Å². The zero-order valence-corrected chi connectivity index (χ0v) is 12.8. The number of benzene rings is 1. The van der Waals surface area contributed by atoms with Crippen LogP contribution in [0, 0.1) is 6.92 Å². The first kappa shape index (κ1) is 15.1. The van der Waals surface area contributed by atoms with Crippen molar-refractivity contribution in [3.05, 3.63) is 35.5 Å². The van der Waals surface area contributed by atoms with Crippen LogP contribution in [0.4, 0.5) is 0 Å². The van der Waals surface area contributed by atoms with Gasteiger partial charge in [-0.15, -0.1) is 11.6 Å². The molecule has 1 aromatic heterocycles. The van der Waals surface area contributed by atoms with Crippen LogP contribution >= 0.6 is 11.6 Å². The molecule has 0 aliphatic carbocycles. The van der Waals surface area contributed by atoms with Crippen LogP contribution < -0.4 is 0 Å². The summed E-state index contributed by atoms with van der Waals surface area (Å²) in [5.41, 5.74) is 4.02. The number of aromatic nitrogens is 1. The number of quaternary nitrogens is 1. The molecule has 2 nitrogen and oxygen atoms in total. The van der Waals surface area contributed by atoms with Crippen molar-refractivity contribution in [3.63, 3.8) is 0 Å². The Kier molecular flexibility index (Phi) is 5.24. The number of nitrogens with zero attached hydrogens (tertiary/aromatic N) is 1. The Bertz CT molecular complexity index is 495. The van der Waals surface area contributed by atoms with E-state index in [1.165, 1.54) is 35.0 Å². The van der Waals surface area contributed by atoms with E-state index >= 15 is 0 Å². The Balaban J connectivity index is 0.000000771. The Morgan fingerprint density at radius 2 is 1.83 bits per heavy atom. The fraction of sp³-hybridized carbons (Fsp3) is 0.467. The maximum Gasteiger partial charge on any atom is 0.0822 e. The lowest BCUT2D eigenvalue weighted by molar-refractivity contribution is -0.870. The minimum Gasteiger partial charge on any atom is -0.361 e. The number of nitrogens with one attached hydrogen (secondary N) is 1. The van der Waals surface area contributed by atoms with Gasteiger partial charge in [0.2, 0.25) is 0 Å². The van der Waals surface area contributed by atoms with E-state index in [9.17, 15) is 0 Å². The highest BCUT2D eigenvalue weighted by atomic mass is 35.5. The number of likely N-dealkylation sites (N-methyl/N-ethyl adjacent to an activating group) is 1. The maximum atomic E-state index is 4.64. The summed E-state index contributed by atoms with van der Waals surface area (Å²) >= 11 is 4.64. The van der Waals surface area contributed by atoms with Gasteiger partial charge >= 0.3 is 0 Å². The number of H-pyrrole nitrogens is 1. The molecular weight excluding hydrogens is 244 g/mol. The van der Waals surface area contributed by atoms with Crippen LogP contribution in [-0.2, 0) is 6.42 Å². The van der Waals surface area contributed by atoms with E-state index in [1.54, 1.807) is 0 Å². The van der Waals surface area contributed by atoms with Crippen LogP contribution in [0.2, 0.25) is 0 Å². The monoisotopic (exact) mass is 267 g/mol. The summed E-state index contributed by atoms with van der Waals surface area (Å²) in [5.74, 6) is 0. The predicted octanol–water partition coefficient (Wildman–Crippen LogP) is 3.58. The molecule has 0 spiro atoms. The first-order chi connectivity index (χ1) is 8.46. The van der Waals surface area contributed by atoms with Crippen LogP contribution in [0.15, 0.2) is 24.4 Å². The topological polar surface area (TPSA) is 15.8 Å². The molecular formula is C15H24ClN2+. The Morgan fingerprint density at radius 3 is 2.44 bits per heavy atom. The van der Waals surface area contributed by atoms with E-state index in [-0.39, 0.29) is 0 Å². The third kappa shape index (κ3) is 4.04. The molecule has 0 aliphatic heterocycles. The molecule has 2 aromatic rings. The highest BCUT2D eigenvalue weighted by Crippen LogP contribution is 2.20. The lowest BCUT2D eigenvalue weighted by Crippen LogP contribution is -2.36. The number of fused-ring (bicyclic) bond motifs is 1. The number of hydrogen-bond donors (Lipinski definition) is 1. The first-order valence-electron chi connectivity index (χ1n) is 6.20. The molecule has 3 heteroatoms. The zero-order chi connectivity index (χ0) is 13.8. The first-order valence-corrected chi connectivity index (χ1v) is 6.96. The summed E-state index contributed by atoms with van der Waals surface area (Å²) in [4.78, 5) is 3.34. The smallest absolute Gasteiger partial charge is 0.0822 e. The molecule has 0 atom stereocenters. The highest BCUT2D eigenvalue weighted by Gasteiger charge is 2.10. The van der Waals surface area contributed by atoms with Crippen LogP contribution in [-0.4, -0.2) is 43.5 Å². The summed E-state index contributed by atoms with van der Waals surface area (Å²) < 4.78 is 1.01. The molecule has 0 radical (unpaired) electrons. The van der Waals surface area contributed by atoms with Crippen molar-refractivity contribution in [1.29, 1.82) is 0 Å². The fourth-order valence-electron chi connectivity index (χ4n) is 1.95. The van der Waals surface area contributed by atoms with Crippen molar-refractivity contribution >= 4 is 22.5 Å². The van der Waals surface area contributed by atoms with E-state index < -0.39 is 0 Å². The van der Waals surface area contributed by atoms with Crippen molar-refractivity contribution in [3.8, 4) is 0 Å². The van der Waals surface area contributed by atoms with Gasteiger partial charge in [-0.05, 0) is 24.6 Å². The van der Waals surface area contributed by atoms with E-state index in [4.69, 9.17) is 0 Å². The molecule has 0 fully saturated rings. The third-order valence-electron chi connectivity index (χ3n) is 2.97. The van der Waals surface area contributed by atoms with Gasteiger partial charge in [0, 0.05) is 29.9 Å². The Morgan fingerprint density at radius 1 is 1.17 bits per heavy atom. The summed E-state index contributed by atoms with van der Waals surface area (Å²) in [6.07, 6.45) is 4.76. The van der Waals surface area contributed by atoms with Crippen molar-refractivity contribution in [2.45, 2.75) is 13.3 Å². The van der Waals surface area contributed by atoms with E-state index in [2.05, 4.69) is 69.0 Å². The largest absolute Gasteiger partial charge is 0.361 e. The van der Waals surface area contributed by atoms with Crippen molar-refractivity contribution in [2.24, 2.45) is 0 Å². The van der Waals surface area contributed by atoms with Gasteiger partial charge in [0.25, 0.3) is 0 Å². The van der Waals surface area contributed by atoms with Gasteiger partial charge in [-0.2, -0.15) is 0 Å². The average Bonchev–Trinajstić information content (AvgIpc) is 2.70. The lowest BCUT2D eigenvalue weighted by atomic mass is 10.1. The minimum atomic E-state index is 1.01. The molecule has 0 unspecified atom stereocenters. The highest BCUT2D eigenvalue weighted by molar-refractivity contribution is 6.15. The number of rotatable bonds is 3. The number of halogens is 1. The molecule has 18 heavy (non-hydrogen) atoms. The average molecular weight is 268 g/mol. The maximum absolute atomic E-state index is 4.64. The number of hydrogen-bond acceptors (Lipinski definition) is 0. The molecule has 1 aromatic carbocycles. The second kappa shape index (κ2) is 6.26. The van der Waals surface area contributed by atoms with Crippen molar-refractivity contribution < 1.29 is 4.48 Å². The molecule has 100 valence electrons. The van der Waals surface area contributed by atoms with Gasteiger partial charge in [-0.3, -0.25) is 0 Å². The predicted molar refractivity (Wildman–Crippen MR) is 81.4 cm³/mol. The quantitative estimate of drug-likeness (QED) is 0.646. The molecule has 1 N–H and O–H groups in total. The van der Waals surface area contributed by atoms with Crippen molar-refractivity contribution in [1.82, 2.24) is 4.98 Å². The van der Waals surface area contributed by atoms with Crippen LogP contribution in [0.5, 0.6) is 0 Å². The minimum absolute atomic E-state index is 1.01. The Labute approximate surface area is 115 Å². The molecule has 0 bridgehead atoms. The van der Waals surface area contributed by atoms with Gasteiger partial charge in [0.05, 0.1) is 27.7 Å². The number of alkyl halides is 1. The van der Waals surface area contributed by atoms with Crippen LogP contribution in [0.25, 0.3) is 10.9 Å². The van der Waals surface area contributed by atoms with E-state index in [0.717, 1.165) is 10.9 Å². The Hall–Kier alpha value is -0.990. The summed E-state index contributed by atoms with van der Waals surface area (Å²) in [6.45, 7) is 3.32. The molecule has 2 rings (SSSR count). The summed E-state index contributed by atoms with van der Waals surface area (Å²) in [7, 11) is 6.71. The second-order valence-electron chi connectivity index (χ2n) is 5.63.